The first kappa shape index (κ1) is 21.8. The van der Waals surface area contributed by atoms with E-state index in [-0.39, 0.29) is 12.5 Å². The summed E-state index contributed by atoms with van der Waals surface area (Å²) in [6, 6.07) is 9.56. The largest absolute Gasteiger partial charge is 0.395 e. The van der Waals surface area contributed by atoms with Gasteiger partial charge in [-0.2, -0.15) is 11.8 Å². The minimum absolute atomic E-state index is 0.00519. The predicted octanol–water partition coefficient (Wildman–Crippen LogP) is 1.11. The zero-order chi connectivity index (χ0) is 20.8. The summed E-state index contributed by atoms with van der Waals surface area (Å²) in [7, 11) is 1.85. The first-order valence-electron chi connectivity index (χ1n) is 9.57. The van der Waals surface area contributed by atoms with Gasteiger partial charge in [0.15, 0.2) is 5.82 Å². The summed E-state index contributed by atoms with van der Waals surface area (Å²) in [5.74, 6) is 1.66. The smallest absolute Gasteiger partial charge is 0.152 e. The zero-order valence-electron chi connectivity index (χ0n) is 16.8. The predicted molar refractivity (Wildman–Crippen MR) is 116 cm³/mol. The van der Waals surface area contributed by atoms with Gasteiger partial charge in [-0.05, 0) is 11.8 Å². The zero-order valence-corrected chi connectivity index (χ0v) is 17.6. The van der Waals surface area contributed by atoms with E-state index in [0.717, 1.165) is 11.1 Å². The summed E-state index contributed by atoms with van der Waals surface area (Å²) in [5, 5.41) is 24.1. The van der Waals surface area contributed by atoms with Crippen molar-refractivity contribution in [1.82, 2.24) is 15.0 Å². The van der Waals surface area contributed by atoms with Crippen LogP contribution in [-0.4, -0.2) is 76.2 Å². The summed E-state index contributed by atoms with van der Waals surface area (Å²) < 4.78 is 5.96. The van der Waals surface area contributed by atoms with E-state index in [1.165, 1.54) is 18.1 Å². The lowest BCUT2D eigenvalue weighted by Crippen LogP contribution is -2.53. The highest BCUT2D eigenvalue weighted by Gasteiger charge is 2.38. The highest BCUT2D eigenvalue weighted by Crippen LogP contribution is 2.38. The van der Waals surface area contributed by atoms with Crippen LogP contribution in [-0.2, 0) is 11.3 Å². The van der Waals surface area contributed by atoms with E-state index in [9.17, 15) is 10.2 Å². The third kappa shape index (κ3) is 4.99. The van der Waals surface area contributed by atoms with Crippen molar-refractivity contribution in [2.75, 3.05) is 49.6 Å². The number of hydrogen-bond donors (Lipinski definition) is 3. The topological polar surface area (TPSA) is 108 Å². The van der Waals surface area contributed by atoms with Crippen LogP contribution >= 0.6 is 11.8 Å². The molecular formula is C20H29N5O3S. The lowest BCUT2D eigenvalue weighted by atomic mass is 10.1. The fraction of sp³-hybridized carbons (Fsp3) is 0.500. The van der Waals surface area contributed by atoms with Crippen molar-refractivity contribution in [3.63, 3.8) is 0 Å². The molecule has 1 unspecified atom stereocenters. The number of aliphatic hydroxyl groups excluding tert-OH is 2. The number of aromatic nitrogens is 2. The van der Waals surface area contributed by atoms with Gasteiger partial charge in [-0.1, -0.05) is 30.3 Å². The standard InChI is InChI=1S/C20H29N5O3S/c1-24(16(9-26)17(27)12-29-2)25-8-15(18-19(21)22-13-23-20(18)25)11-28-10-14-6-4-3-5-7-14/h3-7,13,15-17,26-27H,8-12H2,1-2H3,(H2,21,22,23)/t15?,16-,17-/m1/s1. The Hall–Kier alpha value is -1.91. The van der Waals surface area contributed by atoms with Crippen LogP contribution in [0, 0.1) is 0 Å². The van der Waals surface area contributed by atoms with Crippen molar-refractivity contribution >= 4 is 23.4 Å². The molecule has 1 aliphatic rings. The van der Waals surface area contributed by atoms with Crippen LogP contribution in [0.2, 0.25) is 0 Å². The Morgan fingerprint density at radius 3 is 2.79 bits per heavy atom. The normalized spacial score (nSPS) is 18.1. The van der Waals surface area contributed by atoms with Crippen LogP contribution in [0.1, 0.15) is 17.0 Å². The molecule has 9 heteroatoms. The Bertz CT molecular complexity index is 782. The molecule has 3 rings (SSSR count). The average Bonchev–Trinajstić information content (AvgIpc) is 3.09. The average molecular weight is 420 g/mol. The Morgan fingerprint density at radius 1 is 1.34 bits per heavy atom. The van der Waals surface area contributed by atoms with E-state index in [4.69, 9.17) is 10.5 Å². The number of rotatable bonds is 10. The number of hydrogen-bond acceptors (Lipinski definition) is 9. The quantitative estimate of drug-likeness (QED) is 0.522. The maximum absolute atomic E-state index is 10.4. The fourth-order valence-electron chi connectivity index (χ4n) is 3.64. The minimum Gasteiger partial charge on any atom is -0.395 e. The Labute approximate surface area is 175 Å². The van der Waals surface area contributed by atoms with Gasteiger partial charge in [0.2, 0.25) is 0 Å². The molecule has 0 aliphatic carbocycles. The third-order valence-corrected chi connectivity index (χ3v) is 5.87. The van der Waals surface area contributed by atoms with Gasteiger partial charge >= 0.3 is 0 Å². The highest BCUT2D eigenvalue weighted by molar-refractivity contribution is 7.98. The second kappa shape index (κ2) is 10.2. The lowest BCUT2D eigenvalue weighted by molar-refractivity contribution is 0.0338. The SMILES string of the molecule is CSC[C@@H](O)[C@@H](CO)N(C)N1CC(COCc2ccccc2)c2c(N)ncnc21. The molecule has 3 atom stereocenters. The second-order valence-corrected chi connectivity index (χ2v) is 8.03. The molecule has 0 bridgehead atoms. The van der Waals surface area contributed by atoms with E-state index in [0.29, 0.717) is 37.1 Å². The first-order valence-corrected chi connectivity index (χ1v) is 11.0. The van der Waals surface area contributed by atoms with Crippen LogP contribution < -0.4 is 10.7 Å². The number of thioether (sulfide) groups is 1. The number of nitrogens with two attached hydrogens (primary N) is 1. The summed E-state index contributed by atoms with van der Waals surface area (Å²) in [4.78, 5) is 8.58. The summed E-state index contributed by atoms with van der Waals surface area (Å²) in [5.41, 5.74) is 8.13. The lowest BCUT2D eigenvalue weighted by Gasteiger charge is -2.37. The molecule has 29 heavy (non-hydrogen) atoms. The second-order valence-electron chi connectivity index (χ2n) is 7.12. The van der Waals surface area contributed by atoms with Crippen LogP contribution in [0.4, 0.5) is 11.6 Å². The van der Waals surface area contributed by atoms with Gasteiger partial charge in [0.1, 0.15) is 12.1 Å². The number of ether oxygens (including phenoxy) is 1. The number of nitrogen functional groups attached to an aromatic ring is 1. The summed E-state index contributed by atoms with van der Waals surface area (Å²) >= 11 is 1.54. The number of benzene rings is 1. The van der Waals surface area contributed by atoms with Crippen LogP contribution in [0.25, 0.3) is 0 Å². The Morgan fingerprint density at radius 2 is 2.10 bits per heavy atom. The number of aliphatic hydroxyl groups is 2. The molecule has 0 saturated heterocycles. The maximum atomic E-state index is 10.4. The number of anilines is 2. The van der Waals surface area contributed by atoms with Crippen LogP contribution in [0.3, 0.4) is 0 Å². The van der Waals surface area contributed by atoms with Gasteiger partial charge in [0.05, 0.1) is 32.0 Å². The molecule has 1 aliphatic heterocycles. The van der Waals surface area contributed by atoms with Crippen LogP contribution in [0.5, 0.6) is 0 Å². The van der Waals surface area contributed by atoms with Gasteiger partial charge in [-0.15, -0.1) is 0 Å². The molecule has 8 nitrogen and oxygen atoms in total. The molecular weight excluding hydrogens is 390 g/mol. The van der Waals surface area contributed by atoms with E-state index in [2.05, 4.69) is 9.97 Å². The van der Waals surface area contributed by atoms with Crippen molar-refractivity contribution in [2.45, 2.75) is 24.7 Å². The van der Waals surface area contributed by atoms with E-state index >= 15 is 0 Å². The molecule has 1 aromatic heterocycles. The molecule has 0 radical (unpaired) electrons. The van der Waals surface area contributed by atoms with E-state index < -0.39 is 12.1 Å². The Kier molecular flexibility index (Phi) is 7.68. The van der Waals surface area contributed by atoms with Crippen molar-refractivity contribution in [2.24, 2.45) is 0 Å². The number of likely N-dealkylation sites (N-methyl/N-ethyl adjacent to an activating group) is 1. The van der Waals surface area contributed by atoms with E-state index in [1.54, 1.807) is 0 Å². The molecule has 2 heterocycles. The van der Waals surface area contributed by atoms with Gasteiger partial charge in [-0.3, -0.25) is 5.01 Å². The third-order valence-electron chi connectivity index (χ3n) is 5.20. The maximum Gasteiger partial charge on any atom is 0.152 e. The van der Waals surface area contributed by atoms with Gasteiger partial charge in [0, 0.05) is 30.8 Å². The molecule has 0 amide bonds. The van der Waals surface area contributed by atoms with Crippen molar-refractivity contribution in [1.29, 1.82) is 0 Å². The molecule has 158 valence electrons. The number of nitrogens with zero attached hydrogens (tertiary/aromatic N) is 4. The first-order chi connectivity index (χ1) is 14.1. The monoisotopic (exact) mass is 419 g/mol. The minimum atomic E-state index is -0.670. The fourth-order valence-corrected chi connectivity index (χ4v) is 4.20. The van der Waals surface area contributed by atoms with Crippen molar-refractivity contribution in [3.05, 3.63) is 47.8 Å². The summed E-state index contributed by atoms with van der Waals surface area (Å²) in [6.45, 7) is 1.41. The molecule has 0 spiro atoms. The van der Waals surface area contributed by atoms with Gasteiger partial charge in [0.25, 0.3) is 0 Å². The molecule has 1 aromatic carbocycles. The number of hydrazine groups is 1. The molecule has 2 aromatic rings. The number of fused-ring (bicyclic) bond motifs is 1. The van der Waals surface area contributed by atoms with Crippen LogP contribution in [0.15, 0.2) is 36.7 Å². The molecule has 0 fully saturated rings. The van der Waals surface area contributed by atoms with E-state index in [1.807, 2.05) is 53.7 Å². The Balaban J connectivity index is 1.74. The van der Waals surface area contributed by atoms with Gasteiger partial charge < -0.3 is 20.7 Å². The molecule has 4 N–H and O–H groups in total. The van der Waals surface area contributed by atoms with Crippen molar-refractivity contribution < 1.29 is 14.9 Å². The molecule has 0 saturated carbocycles. The summed E-state index contributed by atoms with van der Waals surface area (Å²) in [6.07, 6.45) is 2.70. The highest BCUT2D eigenvalue weighted by atomic mass is 32.2. The van der Waals surface area contributed by atoms with Gasteiger partial charge in [-0.25, -0.2) is 15.0 Å². The van der Waals surface area contributed by atoms with Crippen molar-refractivity contribution in [3.8, 4) is 0 Å².